The van der Waals surface area contributed by atoms with Gasteiger partial charge in [0.15, 0.2) is 0 Å². The Balaban J connectivity index is 1.90. The molecule has 1 aliphatic carbocycles. The molecule has 3 heteroatoms. The molecule has 3 nitrogen and oxygen atoms in total. The van der Waals surface area contributed by atoms with Gasteiger partial charge in [0, 0.05) is 6.54 Å². The van der Waals surface area contributed by atoms with Crippen molar-refractivity contribution >= 4 is 0 Å². The summed E-state index contributed by atoms with van der Waals surface area (Å²) in [7, 11) is 0. The van der Waals surface area contributed by atoms with E-state index in [0.29, 0.717) is 13.2 Å². The van der Waals surface area contributed by atoms with Crippen LogP contribution in [0, 0.1) is 11.8 Å². The minimum atomic E-state index is 0.125. The van der Waals surface area contributed by atoms with Crippen LogP contribution in [-0.2, 0) is 4.74 Å². The smallest absolute Gasteiger partial charge is 0.0698 e. The zero-order chi connectivity index (χ0) is 10.9. The van der Waals surface area contributed by atoms with Crippen LogP contribution >= 0.6 is 0 Å². The van der Waals surface area contributed by atoms with E-state index in [1.807, 2.05) is 0 Å². The molecular formula is C12H25NO2. The fourth-order valence-corrected chi connectivity index (χ4v) is 2.36. The summed E-state index contributed by atoms with van der Waals surface area (Å²) in [5, 5.41) is 11.9. The minimum Gasteiger partial charge on any atom is -0.394 e. The molecule has 0 aliphatic heterocycles. The predicted octanol–water partition coefficient (Wildman–Crippen LogP) is 1.41. The summed E-state index contributed by atoms with van der Waals surface area (Å²) < 4.78 is 5.18. The SMILES string of the molecule is CC1CCCC(CNCCOCCO)C1. The Hall–Kier alpha value is -0.120. The third kappa shape index (κ3) is 6.13. The number of hydrogen-bond donors (Lipinski definition) is 2. The molecule has 90 valence electrons. The van der Waals surface area contributed by atoms with Crippen LogP contribution in [0.2, 0.25) is 0 Å². The van der Waals surface area contributed by atoms with Crippen LogP contribution in [0.3, 0.4) is 0 Å². The van der Waals surface area contributed by atoms with Gasteiger partial charge in [-0.2, -0.15) is 0 Å². The highest BCUT2D eigenvalue weighted by molar-refractivity contribution is 4.72. The van der Waals surface area contributed by atoms with Crippen molar-refractivity contribution in [3.05, 3.63) is 0 Å². The zero-order valence-electron chi connectivity index (χ0n) is 9.87. The first-order valence-electron chi connectivity index (χ1n) is 6.22. The van der Waals surface area contributed by atoms with Crippen LogP contribution in [0.15, 0.2) is 0 Å². The number of rotatable bonds is 7. The van der Waals surface area contributed by atoms with E-state index in [4.69, 9.17) is 9.84 Å². The molecule has 1 saturated carbocycles. The topological polar surface area (TPSA) is 41.5 Å². The number of aliphatic hydroxyl groups is 1. The van der Waals surface area contributed by atoms with E-state index in [1.165, 1.54) is 25.7 Å². The van der Waals surface area contributed by atoms with E-state index in [2.05, 4.69) is 12.2 Å². The average molecular weight is 215 g/mol. The van der Waals surface area contributed by atoms with Gasteiger partial charge >= 0.3 is 0 Å². The largest absolute Gasteiger partial charge is 0.394 e. The molecule has 0 heterocycles. The number of nitrogens with one attached hydrogen (secondary N) is 1. The van der Waals surface area contributed by atoms with E-state index in [0.717, 1.165) is 24.9 Å². The Labute approximate surface area is 93.2 Å². The Kier molecular flexibility index (Phi) is 6.98. The van der Waals surface area contributed by atoms with Gasteiger partial charge in [0.25, 0.3) is 0 Å². The molecule has 2 N–H and O–H groups in total. The molecular weight excluding hydrogens is 190 g/mol. The second kappa shape index (κ2) is 8.08. The van der Waals surface area contributed by atoms with Crippen LogP contribution in [0.25, 0.3) is 0 Å². The monoisotopic (exact) mass is 215 g/mol. The van der Waals surface area contributed by atoms with Gasteiger partial charge in [0.2, 0.25) is 0 Å². The molecule has 1 aliphatic rings. The van der Waals surface area contributed by atoms with Gasteiger partial charge in [0.05, 0.1) is 19.8 Å². The van der Waals surface area contributed by atoms with Crippen molar-refractivity contribution in [3.63, 3.8) is 0 Å². The second-order valence-corrected chi connectivity index (χ2v) is 4.68. The first-order valence-corrected chi connectivity index (χ1v) is 6.22. The molecule has 0 bridgehead atoms. The molecule has 1 fully saturated rings. The molecule has 0 amide bonds. The van der Waals surface area contributed by atoms with Crippen LogP contribution in [0.1, 0.15) is 32.6 Å². The highest BCUT2D eigenvalue weighted by Crippen LogP contribution is 2.27. The van der Waals surface area contributed by atoms with E-state index < -0.39 is 0 Å². The lowest BCUT2D eigenvalue weighted by Gasteiger charge is -2.26. The molecule has 0 radical (unpaired) electrons. The first kappa shape index (κ1) is 12.9. The van der Waals surface area contributed by atoms with Crippen molar-refractivity contribution in [2.45, 2.75) is 32.6 Å². The molecule has 2 unspecified atom stereocenters. The molecule has 15 heavy (non-hydrogen) atoms. The Morgan fingerprint density at radius 3 is 2.93 bits per heavy atom. The van der Waals surface area contributed by atoms with Gasteiger partial charge in [-0.3, -0.25) is 0 Å². The quantitative estimate of drug-likeness (QED) is 0.631. The van der Waals surface area contributed by atoms with Gasteiger partial charge < -0.3 is 15.2 Å². The summed E-state index contributed by atoms with van der Waals surface area (Å²) in [6.07, 6.45) is 5.57. The normalized spacial score (nSPS) is 26.8. The minimum absolute atomic E-state index is 0.125. The van der Waals surface area contributed by atoms with Gasteiger partial charge in [-0.1, -0.05) is 19.8 Å². The summed E-state index contributed by atoms with van der Waals surface area (Å²) in [6.45, 7) is 5.69. The van der Waals surface area contributed by atoms with E-state index >= 15 is 0 Å². The van der Waals surface area contributed by atoms with Crippen LogP contribution < -0.4 is 5.32 Å². The third-order valence-electron chi connectivity index (χ3n) is 3.14. The van der Waals surface area contributed by atoms with Gasteiger partial charge in [0.1, 0.15) is 0 Å². The van der Waals surface area contributed by atoms with Crippen molar-refractivity contribution in [1.29, 1.82) is 0 Å². The van der Waals surface area contributed by atoms with Crippen LogP contribution in [0.5, 0.6) is 0 Å². The molecule has 0 spiro atoms. The molecule has 1 rings (SSSR count). The summed E-state index contributed by atoms with van der Waals surface area (Å²) >= 11 is 0. The molecule has 0 aromatic carbocycles. The second-order valence-electron chi connectivity index (χ2n) is 4.68. The number of ether oxygens (including phenoxy) is 1. The lowest BCUT2D eigenvalue weighted by molar-refractivity contribution is 0.0930. The summed E-state index contributed by atoms with van der Waals surface area (Å²) in [6, 6.07) is 0. The van der Waals surface area contributed by atoms with Crippen LogP contribution in [0.4, 0.5) is 0 Å². The number of hydrogen-bond acceptors (Lipinski definition) is 3. The highest BCUT2D eigenvalue weighted by Gasteiger charge is 2.17. The molecule has 0 aromatic rings. The fourth-order valence-electron chi connectivity index (χ4n) is 2.36. The Morgan fingerprint density at radius 1 is 1.33 bits per heavy atom. The predicted molar refractivity (Wildman–Crippen MR) is 61.9 cm³/mol. The fraction of sp³-hybridized carbons (Fsp3) is 1.00. The Morgan fingerprint density at radius 2 is 2.20 bits per heavy atom. The van der Waals surface area contributed by atoms with Crippen molar-refractivity contribution in [2.75, 3.05) is 32.9 Å². The van der Waals surface area contributed by atoms with Gasteiger partial charge in [-0.15, -0.1) is 0 Å². The van der Waals surface area contributed by atoms with Gasteiger partial charge in [-0.05, 0) is 31.2 Å². The zero-order valence-corrected chi connectivity index (χ0v) is 9.87. The summed E-state index contributed by atoms with van der Waals surface area (Å²) in [4.78, 5) is 0. The summed E-state index contributed by atoms with van der Waals surface area (Å²) in [5.41, 5.74) is 0. The van der Waals surface area contributed by atoms with E-state index in [-0.39, 0.29) is 6.61 Å². The lowest BCUT2D eigenvalue weighted by Crippen LogP contribution is -2.29. The molecule has 2 atom stereocenters. The van der Waals surface area contributed by atoms with Crippen molar-refractivity contribution in [1.82, 2.24) is 5.32 Å². The maximum absolute atomic E-state index is 8.51. The lowest BCUT2D eigenvalue weighted by atomic mass is 9.82. The number of aliphatic hydroxyl groups excluding tert-OH is 1. The maximum Gasteiger partial charge on any atom is 0.0698 e. The molecule has 0 saturated heterocycles. The van der Waals surface area contributed by atoms with Crippen molar-refractivity contribution < 1.29 is 9.84 Å². The van der Waals surface area contributed by atoms with Crippen LogP contribution in [-0.4, -0.2) is 38.0 Å². The van der Waals surface area contributed by atoms with Gasteiger partial charge in [-0.25, -0.2) is 0 Å². The van der Waals surface area contributed by atoms with Crippen molar-refractivity contribution in [2.24, 2.45) is 11.8 Å². The standard InChI is InChI=1S/C12H25NO2/c1-11-3-2-4-12(9-11)10-13-5-7-15-8-6-14/h11-14H,2-10H2,1H3. The third-order valence-corrected chi connectivity index (χ3v) is 3.14. The highest BCUT2D eigenvalue weighted by atomic mass is 16.5. The van der Waals surface area contributed by atoms with Crippen molar-refractivity contribution in [3.8, 4) is 0 Å². The maximum atomic E-state index is 8.51. The summed E-state index contributed by atoms with van der Waals surface area (Å²) in [5.74, 6) is 1.78. The van der Waals surface area contributed by atoms with E-state index in [9.17, 15) is 0 Å². The van der Waals surface area contributed by atoms with E-state index in [1.54, 1.807) is 0 Å². The average Bonchev–Trinajstić information content (AvgIpc) is 2.23. The Bertz CT molecular complexity index is 153. The first-order chi connectivity index (χ1) is 7.33. The molecule has 0 aromatic heterocycles.